The number of hydrogen-bond acceptors (Lipinski definition) is 5. The fourth-order valence-electron chi connectivity index (χ4n) is 4.18. The second kappa shape index (κ2) is 6.36. The molecule has 2 fully saturated rings. The highest BCUT2D eigenvalue weighted by Gasteiger charge is 2.31. The van der Waals surface area contributed by atoms with Gasteiger partial charge in [0.15, 0.2) is 0 Å². The lowest BCUT2D eigenvalue weighted by atomic mass is 10.1. The molecule has 1 saturated carbocycles. The minimum Gasteiger partial charge on any atom is -0.375 e. The molecule has 6 heteroatoms. The van der Waals surface area contributed by atoms with Gasteiger partial charge < -0.3 is 5.32 Å². The average molecular weight is 326 g/mol. The fourth-order valence-corrected chi connectivity index (χ4v) is 4.18. The topological polar surface area (TPSA) is 71.3 Å². The number of nitrogens with zero attached hydrogens (tertiary/aromatic N) is 3. The van der Waals surface area contributed by atoms with Crippen LogP contribution in [0.15, 0.2) is 30.5 Å². The largest absolute Gasteiger partial charge is 0.375 e. The summed E-state index contributed by atoms with van der Waals surface area (Å²) in [6.45, 7) is 2.07. The monoisotopic (exact) mass is 326 g/mol. The van der Waals surface area contributed by atoms with Crippen LogP contribution in [-0.2, 0) is 0 Å². The van der Waals surface area contributed by atoms with E-state index in [-0.39, 0.29) is 16.7 Å². The first kappa shape index (κ1) is 15.3. The summed E-state index contributed by atoms with van der Waals surface area (Å²) in [6, 6.07) is 8.16. The summed E-state index contributed by atoms with van der Waals surface area (Å²) in [7, 11) is 0. The van der Waals surface area contributed by atoms with Crippen molar-refractivity contribution in [2.45, 2.75) is 44.2 Å². The minimum absolute atomic E-state index is 0.139. The molecule has 0 spiro atoms. The number of benzene rings is 1. The molecule has 6 nitrogen and oxygen atoms in total. The van der Waals surface area contributed by atoms with Gasteiger partial charge in [-0.25, -0.2) is 0 Å². The van der Waals surface area contributed by atoms with Crippen molar-refractivity contribution in [3.05, 3.63) is 40.6 Å². The Morgan fingerprint density at radius 1 is 1.21 bits per heavy atom. The van der Waals surface area contributed by atoms with Crippen LogP contribution in [0.25, 0.3) is 10.9 Å². The SMILES string of the molecule is O=[N+]([O-])c1c(NC2CCN(C3CCCC3)C2)ccc2ncccc12. The first-order chi connectivity index (χ1) is 11.7. The standard InChI is InChI=1S/C18H22N4O2/c23-22(24)18-15-6-3-10-19-16(15)7-8-17(18)20-13-9-11-21(12-13)14-4-1-2-5-14/h3,6-8,10,13-14,20H,1-2,4-5,9,11-12H2. The Morgan fingerprint density at radius 2 is 2.04 bits per heavy atom. The first-order valence-electron chi connectivity index (χ1n) is 8.75. The van der Waals surface area contributed by atoms with Crippen LogP contribution in [-0.4, -0.2) is 40.0 Å². The molecule has 1 unspecified atom stereocenters. The number of nitro benzene ring substituents is 1. The molecule has 0 amide bonds. The Bertz CT molecular complexity index is 758. The van der Waals surface area contributed by atoms with Gasteiger partial charge in [0.05, 0.1) is 15.8 Å². The van der Waals surface area contributed by atoms with Gasteiger partial charge in [-0.2, -0.15) is 0 Å². The molecule has 2 aromatic rings. The van der Waals surface area contributed by atoms with Crippen molar-refractivity contribution in [1.82, 2.24) is 9.88 Å². The molecule has 2 aliphatic rings. The van der Waals surface area contributed by atoms with E-state index >= 15 is 0 Å². The molecule has 1 saturated heterocycles. The first-order valence-corrected chi connectivity index (χ1v) is 8.75. The Balaban J connectivity index is 1.56. The zero-order valence-corrected chi connectivity index (χ0v) is 13.6. The molecular formula is C18H22N4O2. The number of likely N-dealkylation sites (tertiary alicyclic amines) is 1. The van der Waals surface area contributed by atoms with Crippen LogP contribution in [0.3, 0.4) is 0 Å². The summed E-state index contributed by atoms with van der Waals surface area (Å²) in [5.74, 6) is 0. The Morgan fingerprint density at radius 3 is 2.83 bits per heavy atom. The molecule has 1 aromatic heterocycles. The second-order valence-electron chi connectivity index (χ2n) is 6.85. The third-order valence-corrected chi connectivity index (χ3v) is 5.36. The van der Waals surface area contributed by atoms with Gasteiger partial charge in [-0.05, 0) is 43.5 Å². The van der Waals surface area contributed by atoms with Gasteiger partial charge in [0.1, 0.15) is 5.69 Å². The highest BCUT2D eigenvalue weighted by Crippen LogP contribution is 2.34. The molecule has 0 radical (unpaired) electrons. The van der Waals surface area contributed by atoms with E-state index in [0.29, 0.717) is 22.6 Å². The van der Waals surface area contributed by atoms with E-state index in [1.165, 1.54) is 25.7 Å². The zero-order chi connectivity index (χ0) is 16.5. The minimum atomic E-state index is -0.296. The molecule has 0 bridgehead atoms. The number of nitro groups is 1. The summed E-state index contributed by atoms with van der Waals surface area (Å²) in [5.41, 5.74) is 1.41. The van der Waals surface area contributed by atoms with Crippen LogP contribution in [0.2, 0.25) is 0 Å². The van der Waals surface area contributed by atoms with Crippen molar-refractivity contribution in [2.24, 2.45) is 0 Å². The highest BCUT2D eigenvalue weighted by molar-refractivity contribution is 5.94. The summed E-state index contributed by atoms with van der Waals surface area (Å²) in [4.78, 5) is 18.1. The lowest BCUT2D eigenvalue weighted by Crippen LogP contribution is -2.33. The number of aromatic nitrogens is 1. The Hall–Kier alpha value is -2.21. The van der Waals surface area contributed by atoms with E-state index < -0.39 is 0 Å². The Kier molecular flexibility index (Phi) is 4.06. The number of rotatable bonds is 4. The van der Waals surface area contributed by atoms with E-state index in [4.69, 9.17) is 0 Å². The van der Waals surface area contributed by atoms with Crippen molar-refractivity contribution >= 4 is 22.3 Å². The van der Waals surface area contributed by atoms with E-state index in [2.05, 4.69) is 15.2 Å². The van der Waals surface area contributed by atoms with E-state index in [9.17, 15) is 10.1 Å². The molecule has 4 rings (SSSR count). The number of fused-ring (bicyclic) bond motifs is 1. The van der Waals surface area contributed by atoms with E-state index in [1.54, 1.807) is 24.4 Å². The summed E-state index contributed by atoms with van der Waals surface area (Å²) in [6.07, 6.45) is 7.97. The van der Waals surface area contributed by atoms with Crippen molar-refractivity contribution in [3.63, 3.8) is 0 Å². The van der Waals surface area contributed by atoms with Gasteiger partial charge in [-0.3, -0.25) is 20.0 Å². The molecule has 1 atom stereocenters. The predicted octanol–water partition coefficient (Wildman–Crippen LogP) is 3.57. The fraction of sp³-hybridized carbons (Fsp3) is 0.500. The lowest BCUT2D eigenvalue weighted by molar-refractivity contribution is -0.382. The second-order valence-corrected chi connectivity index (χ2v) is 6.85. The number of nitrogens with one attached hydrogen (secondary N) is 1. The van der Waals surface area contributed by atoms with Gasteiger partial charge in [-0.15, -0.1) is 0 Å². The molecule has 1 aromatic carbocycles. The van der Waals surface area contributed by atoms with Gasteiger partial charge in [0.2, 0.25) is 0 Å². The van der Waals surface area contributed by atoms with E-state index in [0.717, 1.165) is 19.5 Å². The maximum absolute atomic E-state index is 11.6. The maximum Gasteiger partial charge on any atom is 0.301 e. The molecule has 126 valence electrons. The lowest BCUT2D eigenvalue weighted by Gasteiger charge is -2.23. The van der Waals surface area contributed by atoms with Crippen molar-refractivity contribution in [1.29, 1.82) is 0 Å². The molecule has 1 aliphatic heterocycles. The van der Waals surface area contributed by atoms with Crippen LogP contribution in [0.5, 0.6) is 0 Å². The molecule has 1 aliphatic carbocycles. The summed E-state index contributed by atoms with van der Waals surface area (Å²) < 4.78 is 0. The number of pyridine rings is 1. The van der Waals surface area contributed by atoms with Crippen molar-refractivity contribution in [3.8, 4) is 0 Å². The molecule has 24 heavy (non-hydrogen) atoms. The van der Waals surface area contributed by atoms with Crippen LogP contribution < -0.4 is 5.32 Å². The zero-order valence-electron chi connectivity index (χ0n) is 13.6. The van der Waals surface area contributed by atoms with Gasteiger partial charge in [0, 0.05) is 31.4 Å². The van der Waals surface area contributed by atoms with Gasteiger partial charge in [-0.1, -0.05) is 12.8 Å². The molecule has 1 N–H and O–H groups in total. The highest BCUT2D eigenvalue weighted by atomic mass is 16.6. The smallest absolute Gasteiger partial charge is 0.301 e. The Labute approximate surface area is 141 Å². The average Bonchev–Trinajstić information content (AvgIpc) is 3.25. The van der Waals surface area contributed by atoms with Crippen LogP contribution in [0, 0.1) is 10.1 Å². The number of anilines is 1. The summed E-state index contributed by atoms with van der Waals surface area (Å²) >= 11 is 0. The molecule has 2 heterocycles. The third-order valence-electron chi connectivity index (χ3n) is 5.36. The number of hydrogen-bond donors (Lipinski definition) is 1. The van der Waals surface area contributed by atoms with Crippen LogP contribution in [0.1, 0.15) is 32.1 Å². The van der Waals surface area contributed by atoms with Crippen molar-refractivity contribution < 1.29 is 4.92 Å². The van der Waals surface area contributed by atoms with E-state index in [1.807, 2.05) is 6.07 Å². The third kappa shape index (κ3) is 2.82. The maximum atomic E-state index is 11.6. The molecular weight excluding hydrogens is 304 g/mol. The summed E-state index contributed by atoms with van der Waals surface area (Å²) in [5, 5.41) is 15.6. The quantitative estimate of drug-likeness (QED) is 0.687. The van der Waals surface area contributed by atoms with Gasteiger partial charge in [0.25, 0.3) is 0 Å². The van der Waals surface area contributed by atoms with Crippen LogP contribution in [0.4, 0.5) is 11.4 Å². The van der Waals surface area contributed by atoms with Crippen molar-refractivity contribution in [2.75, 3.05) is 18.4 Å². The normalized spacial score (nSPS) is 22.2. The van der Waals surface area contributed by atoms with Crippen LogP contribution >= 0.6 is 0 Å². The van der Waals surface area contributed by atoms with Gasteiger partial charge >= 0.3 is 5.69 Å². The predicted molar refractivity (Wildman–Crippen MR) is 94.3 cm³/mol.